The van der Waals surface area contributed by atoms with Gasteiger partial charge in [-0.25, -0.2) is 14.8 Å². The van der Waals surface area contributed by atoms with Crippen LogP contribution in [0.5, 0.6) is 0 Å². The van der Waals surface area contributed by atoms with Gasteiger partial charge in [0.15, 0.2) is 0 Å². The zero-order chi connectivity index (χ0) is 15.6. The minimum Gasteiger partial charge on any atom is -0.444 e. The highest BCUT2D eigenvalue weighted by Gasteiger charge is 2.34. The van der Waals surface area contributed by atoms with Crippen LogP contribution in [0.4, 0.5) is 4.79 Å². The largest absolute Gasteiger partial charge is 0.444 e. The van der Waals surface area contributed by atoms with Crippen LogP contribution < -0.4 is 0 Å². The quantitative estimate of drug-likeness (QED) is 0.777. The summed E-state index contributed by atoms with van der Waals surface area (Å²) in [5.41, 5.74) is -0.534. The highest BCUT2D eigenvalue weighted by molar-refractivity contribution is 7.85. The lowest BCUT2D eigenvalue weighted by Crippen LogP contribution is -2.36. The normalized spacial score (nSPS) is 20.4. The highest BCUT2D eigenvalue weighted by Crippen LogP contribution is 2.21. The number of aromatic nitrogens is 2. The van der Waals surface area contributed by atoms with Gasteiger partial charge in [0.2, 0.25) is 5.16 Å². The van der Waals surface area contributed by atoms with Gasteiger partial charge in [0.1, 0.15) is 5.60 Å². The predicted molar refractivity (Wildman–Crippen MR) is 79.7 cm³/mol. The molecule has 2 atom stereocenters. The van der Waals surface area contributed by atoms with E-state index in [1.165, 1.54) is 12.4 Å². The first-order valence-electron chi connectivity index (χ1n) is 6.62. The van der Waals surface area contributed by atoms with E-state index in [0.717, 1.165) is 0 Å². The van der Waals surface area contributed by atoms with Gasteiger partial charge >= 0.3 is 6.09 Å². The second-order valence-corrected chi connectivity index (χ2v) is 7.88. The first-order chi connectivity index (χ1) is 9.76. The fourth-order valence-corrected chi connectivity index (χ4v) is 3.29. The first kappa shape index (κ1) is 16.2. The molecule has 1 saturated heterocycles. The Morgan fingerprint density at radius 2 is 2.05 bits per heavy atom. The van der Waals surface area contributed by atoms with Crippen molar-refractivity contribution in [2.45, 2.75) is 43.2 Å². The molecule has 2 rings (SSSR count). The number of amides is 1. The van der Waals surface area contributed by atoms with E-state index in [9.17, 15) is 9.00 Å². The maximum absolute atomic E-state index is 12.4. The van der Waals surface area contributed by atoms with Gasteiger partial charge < -0.3 is 9.64 Å². The number of nitrogens with zero attached hydrogens (tertiary/aromatic N) is 3. The van der Waals surface area contributed by atoms with Crippen molar-refractivity contribution in [2.75, 3.05) is 13.1 Å². The summed E-state index contributed by atoms with van der Waals surface area (Å²) in [5.74, 6) is 0. The maximum atomic E-state index is 12.4. The fraction of sp³-hybridized carbons (Fsp3) is 0.615. The molecule has 2 heterocycles. The number of hydrogen-bond acceptors (Lipinski definition) is 5. The number of rotatable bonds is 2. The van der Waals surface area contributed by atoms with Crippen molar-refractivity contribution in [2.24, 2.45) is 0 Å². The van der Waals surface area contributed by atoms with E-state index in [1.807, 2.05) is 20.8 Å². The molecule has 0 aliphatic carbocycles. The third kappa shape index (κ3) is 4.38. The summed E-state index contributed by atoms with van der Waals surface area (Å²) in [7, 11) is -1.36. The van der Waals surface area contributed by atoms with Crippen LogP contribution in [0.1, 0.15) is 27.2 Å². The number of likely N-dealkylation sites (tertiary alicyclic amines) is 1. The van der Waals surface area contributed by atoms with Gasteiger partial charge in [0.25, 0.3) is 0 Å². The van der Waals surface area contributed by atoms with Crippen LogP contribution in [-0.4, -0.2) is 49.1 Å². The Morgan fingerprint density at radius 1 is 1.43 bits per heavy atom. The number of carbonyl (C=O) groups excluding carboxylic acids is 1. The Hall–Kier alpha value is -1.21. The Morgan fingerprint density at radius 3 is 2.62 bits per heavy atom. The fourth-order valence-electron chi connectivity index (χ4n) is 1.95. The number of halogens is 1. The molecule has 0 unspecified atom stereocenters. The molecule has 0 aromatic carbocycles. The molecule has 1 aromatic heterocycles. The van der Waals surface area contributed by atoms with Gasteiger partial charge in [0.05, 0.1) is 33.5 Å². The van der Waals surface area contributed by atoms with Crippen molar-refractivity contribution in [1.82, 2.24) is 14.9 Å². The highest BCUT2D eigenvalue weighted by atomic mass is 35.5. The van der Waals surface area contributed by atoms with Gasteiger partial charge in [-0.05, 0) is 27.2 Å². The van der Waals surface area contributed by atoms with Crippen molar-refractivity contribution in [1.29, 1.82) is 0 Å². The molecule has 0 saturated carbocycles. The van der Waals surface area contributed by atoms with Gasteiger partial charge in [0, 0.05) is 13.1 Å². The van der Waals surface area contributed by atoms with E-state index in [2.05, 4.69) is 9.97 Å². The molecule has 1 fully saturated rings. The first-order valence-corrected chi connectivity index (χ1v) is 8.21. The lowest BCUT2D eigenvalue weighted by molar-refractivity contribution is 0.0295. The Bertz CT molecular complexity index is 545. The number of carbonyl (C=O) groups is 1. The standard InChI is InChI=1S/C13H18ClN3O3S/c1-13(2,3)20-12(18)17-5-4-10(8-17)21(19)11-15-6-9(14)7-16-11/h6-7,10H,4-5,8H2,1-3H3/t10-,21-/m1/s1. The zero-order valence-electron chi connectivity index (χ0n) is 12.2. The van der Waals surface area contributed by atoms with Crippen molar-refractivity contribution in [3.05, 3.63) is 17.4 Å². The van der Waals surface area contributed by atoms with Gasteiger partial charge in [-0.3, -0.25) is 4.21 Å². The summed E-state index contributed by atoms with van der Waals surface area (Å²) in [6.07, 6.45) is 3.10. The van der Waals surface area contributed by atoms with Crippen LogP contribution in [0.15, 0.2) is 17.6 Å². The van der Waals surface area contributed by atoms with E-state index in [1.54, 1.807) is 4.90 Å². The molecule has 1 aliphatic heterocycles. The van der Waals surface area contributed by atoms with E-state index in [-0.39, 0.29) is 16.5 Å². The summed E-state index contributed by atoms with van der Waals surface area (Å²) in [5, 5.41) is 0.465. The predicted octanol–water partition coefficient (Wildman–Crippen LogP) is 2.25. The smallest absolute Gasteiger partial charge is 0.410 e. The Labute approximate surface area is 131 Å². The van der Waals surface area contributed by atoms with E-state index in [4.69, 9.17) is 16.3 Å². The van der Waals surface area contributed by atoms with Crippen LogP contribution in [0, 0.1) is 0 Å². The minimum atomic E-state index is -1.36. The van der Waals surface area contributed by atoms with Crippen LogP contribution >= 0.6 is 11.6 Å². The summed E-state index contributed by atoms with van der Waals surface area (Å²) in [4.78, 5) is 21.5. The molecule has 1 aliphatic rings. The molecular formula is C13H18ClN3O3S. The second kappa shape index (κ2) is 6.27. The van der Waals surface area contributed by atoms with Crippen LogP contribution in [0.25, 0.3) is 0 Å². The van der Waals surface area contributed by atoms with E-state index >= 15 is 0 Å². The van der Waals surface area contributed by atoms with Crippen molar-refractivity contribution >= 4 is 28.5 Å². The van der Waals surface area contributed by atoms with Crippen molar-refractivity contribution in [3.8, 4) is 0 Å². The molecule has 0 spiro atoms. The summed E-state index contributed by atoms with van der Waals surface area (Å²) in [6.45, 7) is 6.36. The van der Waals surface area contributed by atoms with Gasteiger partial charge in [-0.2, -0.15) is 0 Å². The molecule has 6 nitrogen and oxygen atoms in total. The van der Waals surface area contributed by atoms with Crippen LogP contribution in [0.3, 0.4) is 0 Å². The number of ether oxygens (including phenoxy) is 1. The monoisotopic (exact) mass is 331 g/mol. The lowest BCUT2D eigenvalue weighted by Gasteiger charge is -2.24. The minimum absolute atomic E-state index is 0.182. The summed E-state index contributed by atoms with van der Waals surface area (Å²) >= 11 is 5.71. The molecule has 0 bridgehead atoms. The topological polar surface area (TPSA) is 72.4 Å². The Kier molecular flexibility index (Phi) is 4.83. The zero-order valence-corrected chi connectivity index (χ0v) is 13.8. The lowest BCUT2D eigenvalue weighted by atomic mass is 10.2. The Balaban J connectivity index is 1.97. The molecule has 0 N–H and O–H groups in total. The molecular weight excluding hydrogens is 314 g/mol. The summed E-state index contributed by atoms with van der Waals surface area (Å²) < 4.78 is 17.7. The molecule has 1 aromatic rings. The van der Waals surface area contributed by atoms with Gasteiger partial charge in [-0.15, -0.1) is 0 Å². The molecule has 8 heteroatoms. The van der Waals surface area contributed by atoms with Crippen molar-refractivity contribution < 1.29 is 13.7 Å². The average Bonchev–Trinajstić information content (AvgIpc) is 2.86. The molecule has 1 amide bonds. The molecule has 0 radical (unpaired) electrons. The third-order valence-corrected chi connectivity index (χ3v) is 4.63. The average molecular weight is 332 g/mol. The summed E-state index contributed by atoms with van der Waals surface area (Å²) in [6, 6.07) is 0. The maximum Gasteiger partial charge on any atom is 0.410 e. The van der Waals surface area contributed by atoms with Crippen LogP contribution in [0.2, 0.25) is 5.02 Å². The van der Waals surface area contributed by atoms with Crippen molar-refractivity contribution in [3.63, 3.8) is 0 Å². The van der Waals surface area contributed by atoms with E-state index < -0.39 is 16.4 Å². The third-order valence-electron chi connectivity index (χ3n) is 2.88. The molecule has 116 valence electrons. The SMILES string of the molecule is CC(C)(C)OC(=O)N1CC[C@@H]([S@@](=O)c2ncc(Cl)cn2)C1. The van der Waals surface area contributed by atoms with Gasteiger partial charge in [-0.1, -0.05) is 11.6 Å². The van der Waals surface area contributed by atoms with Crippen LogP contribution in [-0.2, 0) is 15.5 Å². The van der Waals surface area contributed by atoms with E-state index in [0.29, 0.717) is 24.5 Å². The number of hydrogen-bond donors (Lipinski definition) is 0. The second-order valence-electron chi connectivity index (χ2n) is 5.82. The molecule has 21 heavy (non-hydrogen) atoms.